The summed E-state index contributed by atoms with van der Waals surface area (Å²) in [5, 5.41) is 8.49. The van der Waals surface area contributed by atoms with Crippen molar-refractivity contribution in [2.45, 2.75) is 0 Å². The maximum atomic E-state index is 8.49. The highest BCUT2D eigenvalue weighted by atomic mass is 32.2. The second-order valence-corrected chi connectivity index (χ2v) is 3.06. The van der Waals surface area contributed by atoms with E-state index in [0.717, 1.165) is 10.5 Å². The minimum absolute atomic E-state index is 1.01. The minimum atomic E-state index is 1.01. The maximum Gasteiger partial charge on any atom is 0.0923 e. The minimum Gasteiger partial charge on any atom is -0.193 e. The van der Waals surface area contributed by atoms with Gasteiger partial charge in [0.1, 0.15) is 0 Å². The summed E-state index contributed by atoms with van der Waals surface area (Å²) in [6, 6.07) is 11.9. The van der Waals surface area contributed by atoms with Gasteiger partial charge in [-0.05, 0) is 11.8 Å². The fourth-order valence-electron chi connectivity index (χ4n) is 0.921. The Bertz CT molecular complexity index is 308. The van der Waals surface area contributed by atoms with Crippen molar-refractivity contribution in [2.24, 2.45) is 0 Å². The van der Waals surface area contributed by atoms with Gasteiger partial charge in [0.15, 0.2) is 0 Å². The third-order valence-electron chi connectivity index (χ3n) is 1.47. The second-order valence-electron chi connectivity index (χ2n) is 2.21. The molecule has 0 bridgehead atoms. The molecule has 0 aliphatic carbocycles. The van der Waals surface area contributed by atoms with Gasteiger partial charge in [-0.3, -0.25) is 0 Å². The number of nitrogens with zero attached hydrogens (tertiary/aromatic N) is 1. The Morgan fingerprint density at radius 2 is 2.08 bits per heavy atom. The average Bonchev–Trinajstić information content (AvgIpc) is 2.15. The van der Waals surface area contributed by atoms with E-state index in [2.05, 4.69) is 0 Å². The van der Waals surface area contributed by atoms with Gasteiger partial charge >= 0.3 is 0 Å². The molecule has 1 aromatic carbocycles. The number of hydrogen-bond acceptors (Lipinski definition) is 2. The average molecular weight is 175 g/mol. The van der Waals surface area contributed by atoms with Crippen LogP contribution < -0.4 is 0 Å². The first-order valence-electron chi connectivity index (χ1n) is 3.57. The fraction of sp³-hybridized carbons (Fsp3) is 0.100. The highest BCUT2D eigenvalue weighted by Gasteiger charge is 1.96. The normalized spacial score (nSPS) is 10.8. The summed E-state index contributed by atoms with van der Waals surface area (Å²) in [5.74, 6) is 0. The largest absolute Gasteiger partial charge is 0.193 e. The number of thioether (sulfide) groups is 1. The van der Waals surface area contributed by atoms with Crippen molar-refractivity contribution in [1.82, 2.24) is 0 Å². The number of hydrogen-bond donors (Lipinski definition) is 0. The molecule has 0 atom stereocenters. The first-order chi connectivity index (χ1) is 5.88. The fourth-order valence-corrected chi connectivity index (χ4v) is 1.46. The Morgan fingerprint density at radius 3 is 2.58 bits per heavy atom. The lowest BCUT2D eigenvalue weighted by molar-refractivity contribution is 1.53. The van der Waals surface area contributed by atoms with Crippen LogP contribution in [0.5, 0.6) is 0 Å². The summed E-state index contributed by atoms with van der Waals surface area (Å²) in [6.45, 7) is 0. The first-order valence-corrected chi connectivity index (χ1v) is 4.80. The molecular formula is C10H9NS. The summed E-state index contributed by atoms with van der Waals surface area (Å²) in [7, 11) is 0. The zero-order valence-corrected chi connectivity index (χ0v) is 7.64. The topological polar surface area (TPSA) is 23.8 Å². The molecule has 0 spiro atoms. The Kier molecular flexibility index (Phi) is 3.43. The van der Waals surface area contributed by atoms with Crippen molar-refractivity contribution < 1.29 is 0 Å². The second kappa shape index (κ2) is 4.63. The number of nitriles is 1. The molecule has 12 heavy (non-hydrogen) atoms. The van der Waals surface area contributed by atoms with Crippen LogP contribution >= 0.6 is 11.8 Å². The molecular weight excluding hydrogens is 166 g/mol. The standard InChI is InChI=1S/C10H9NS/c1-12-10(7-8-11)9-5-3-2-4-6-9/h2-7H,1H3/b10-7+. The molecule has 0 aliphatic rings. The molecule has 1 rings (SSSR count). The van der Waals surface area contributed by atoms with Crippen molar-refractivity contribution in [3.05, 3.63) is 42.0 Å². The van der Waals surface area contributed by atoms with Crippen LogP contribution in [-0.4, -0.2) is 6.26 Å². The predicted molar refractivity (Wildman–Crippen MR) is 53.5 cm³/mol. The molecule has 0 N–H and O–H groups in total. The maximum absolute atomic E-state index is 8.49. The molecule has 0 amide bonds. The number of allylic oxidation sites excluding steroid dienone is 1. The van der Waals surface area contributed by atoms with E-state index in [1.165, 1.54) is 0 Å². The van der Waals surface area contributed by atoms with Crippen LogP contribution in [0, 0.1) is 11.3 Å². The Balaban J connectivity index is 2.98. The molecule has 60 valence electrons. The Morgan fingerprint density at radius 1 is 1.42 bits per heavy atom. The molecule has 0 fully saturated rings. The van der Waals surface area contributed by atoms with Crippen LogP contribution in [0.1, 0.15) is 5.56 Å². The summed E-state index contributed by atoms with van der Waals surface area (Å²) in [6.07, 6.45) is 3.54. The van der Waals surface area contributed by atoms with Crippen LogP contribution in [-0.2, 0) is 0 Å². The van der Waals surface area contributed by atoms with Gasteiger partial charge in [0.25, 0.3) is 0 Å². The van der Waals surface area contributed by atoms with Crippen molar-refractivity contribution in [2.75, 3.05) is 6.26 Å². The molecule has 1 aromatic rings. The van der Waals surface area contributed by atoms with Gasteiger partial charge in [-0.1, -0.05) is 30.3 Å². The number of benzene rings is 1. The molecule has 1 nitrogen and oxygen atoms in total. The van der Waals surface area contributed by atoms with Crippen LogP contribution in [0.2, 0.25) is 0 Å². The summed E-state index contributed by atoms with van der Waals surface area (Å²) in [5.41, 5.74) is 1.10. The van der Waals surface area contributed by atoms with E-state index in [0.29, 0.717) is 0 Å². The SMILES string of the molecule is CS/C(=C/C#N)c1ccccc1. The molecule has 2 heteroatoms. The number of rotatable bonds is 2. The van der Waals surface area contributed by atoms with Gasteiger partial charge in [0, 0.05) is 11.0 Å². The van der Waals surface area contributed by atoms with Gasteiger partial charge in [-0.2, -0.15) is 5.26 Å². The zero-order chi connectivity index (χ0) is 8.81. The van der Waals surface area contributed by atoms with E-state index in [1.807, 2.05) is 42.7 Å². The smallest absolute Gasteiger partial charge is 0.0923 e. The Labute approximate surface area is 76.7 Å². The molecule has 0 aliphatic heterocycles. The quantitative estimate of drug-likeness (QED) is 0.645. The van der Waals surface area contributed by atoms with Crippen molar-refractivity contribution in [3.63, 3.8) is 0 Å². The van der Waals surface area contributed by atoms with Gasteiger partial charge in [0.2, 0.25) is 0 Å². The molecule has 0 unspecified atom stereocenters. The van der Waals surface area contributed by atoms with Gasteiger partial charge in [0.05, 0.1) is 6.07 Å². The van der Waals surface area contributed by atoms with Gasteiger partial charge in [-0.15, -0.1) is 11.8 Å². The highest BCUT2D eigenvalue weighted by Crippen LogP contribution is 2.23. The van der Waals surface area contributed by atoms with Crippen molar-refractivity contribution in [1.29, 1.82) is 5.26 Å². The molecule has 0 heterocycles. The lowest BCUT2D eigenvalue weighted by atomic mass is 10.2. The van der Waals surface area contributed by atoms with Crippen molar-refractivity contribution >= 4 is 16.7 Å². The van der Waals surface area contributed by atoms with Crippen LogP contribution in [0.4, 0.5) is 0 Å². The predicted octanol–water partition coefficient (Wildman–Crippen LogP) is 2.91. The van der Waals surface area contributed by atoms with E-state index in [4.69, 9.17) is 5.26 Å². The third-order valence-corrected chi connectivity index (χ3v) is 2.27. The van der Waals surface area contributed by atoms with Crippen LogP contribution in [0.25, 0.3) is 4.91 Å². The summed E-state index contributed by atoms with van der Waals surface area (Å²) >= 11 is 1.59. The molecule has 0 aromatic heterocycles. The van der Waals surface area contributed by atoms with E-state index in [1.54, 1.807) is 17.8 Å². The highest BCUT2D eigenvalue weighted by molar-refractivity contribution is 8.07. The van der Waals surface area contributed by atoms with Gasteiger partial charge < -0.3 is 0 Å². The summed E-state index contributed by atoms with van der Waals surface area (Å²) in [4.78, 5) is 1.01. The van der Waals surface area contributed by atoms with E-state index in [9.17, 15) is 0 Å². The molecule has 0 radical (unpaired) electrons. The van der Waals surface area contributed by atoms with E-state index < -0.39 is 0 Å². The van der Waals surface area contributed by atoms with Crippen molar-refractivity contribution in [3.8, 4) is 6.07 Å². The monoisotopic (exact) mass is 175 g/mol. The third kappa shape index (κ3) is 2.14. The molecule has 0 saturated heterocycles. The van der Waals surface area contributed by atoms with E-state index >= 15 is 0 Å². The lowest BCUT2D eigenvalue weighted by Crippen LogP contribution is -1.76. The lowest BCUT2D eigenvalue weighted by Gasteiger charge is -2.00. The zero-order valence-electron chi connectivity index (χ0n) is 6.82. The van der Waals surface area contributed by atoms with Gasteiger partial charge in [-0.25, -0.2) is 0 Å². The Hall–Kier alpha value is -1.20. The molecule has 0 saturated carbocycles. The first kappa shape index (κ1) is 8.89. The van der Waals surface area contributed by atoms with Crippen LogP contribution in [0.15, 0.2) is 36.4 Å². The van der Waals surface area contributed by atoms with Crippen LogP contribution in [0.3, 0.4) is 0 Å². The van der Waals surface area contributed by atoms with E-state index in [-0.39, 0.29) is 0 Å². The summed E-state index contributed by atoms with van der Waals surface area (Å²) < 4.78 is 0.